The zero-order chi connectivity index (χ0) is 32.3. The van der Waals surface area contributed by atoms with Crippen molar-refractivity contribution in [2.24, 2.45) is 0 Å². The molecule has 0 atom stereocenters. The van der Waals surface area contributed by atoms with Crippen molar-refractivity contribution in [1.82, 2.24) is 0 Å². The summed E-state index contributed by atoms with van der Waals surface area (Å²) in [6, 6.07) is 64.7. The van der Waals surface area contributed by atoms with Crippen LogP contribution in [0, 0.1) is 0 Å². The zero-order valence-corrected chi connectivity index (χ0v) is 28.1. The summed E-state index contributed by atoms with van der Waals surface area (Å²) in [6.45, 7) is 0. The van der Waals surface area contributed by atoms with Gasteiger partial charge in [0.15, 0.2) is 0 Å². The summed E-state index contributed by atoms with van der Waals surface area (Å²) in [4.78, 5) is 4.96. The second-order valence-electron chi connectivity index (χ2n) is 12.5. The molecule has 0 aliphatic carbocycles. The first-order valence-electron chi connectivity index (χ1n) is 16.6. The number of hydrogen-bond acceptors (Lipinski definition) is 3. The normalized spacial score (nSPS) is 12.4. The first-order chi connectivity index (χ1) is 24.3. The van der Waals surface area contributed by atoms with E-state index in [9.17, 15) is 0 Å². The maximum absolute atomic E-state index is 2.48. The van der Waals surface area contributed by atoms with Gasteiger partial charge in [-0.25, -0.2) is 0 Å². The van der Waals surface area contributed by atoms with E-state index in [0.29, 0.717) is 0 Å². The summed E-state index contributed by atoms with van der Waals surface area (Å²) in [7, 11) is 0. The van der Waals surface area contributed by atoms with E-state index in [1.165, 1.54) is 85.5 Å². The van der Waals surface area contributed by atoms with E-state index in [1.54, 1.807) is 0 Å². The van der Waals surface area contributed by atoms with Gasteiger partial charge in [0.1, 0.15) is 0 Å². The van der Waals surface area contributed by atoms with Crippen molar-refractivity contribution in [2.45, 2.75) is 9.79 Å². The molecule has 0 spiro atoms. The summed E-state index contributed by atoms with van der Waals surface area (Å²) in [5.41, 5.74) is 10.8. The molecule has 8 aromatic carbocycles. The van der Waals surface area contributed by atoms with Crippen LogP contribution in [0.15, 0.2) is 186 Å². The Morgan fingerprint density at radius 2 is 1.02 bits per heavy atom. The lowest BCUT2D eigenvalue weighted by molar-refractivity contribution is 1.24. The Kier molecular flexibility index (Phi) is 6.68. The Balaban J connectivity index is 1.30. The van der Waals surface area contributed by atoms with Crippen LogP contribution in [0.4, 0.5) is 17.1 Å². The Morgan fingerprint density at radius 1 is 0.388 bits per heavy atom. The molecule has 0 fully saturated rings. The molecule has 0 unspecified atom stereocenters. The van der Waals surface area contributed by atoms with Crippen molar-refractivity contribution in [3.05, 3.63) is 176 Å². The molecule has 9 aromatic rings. The Labute approximate surface area is 293 Å². The van der Waals surface area contributed by atoms with Crippen molar-refractivity contribution in [2.75, 3.05) is 4.90 Å². The SMILES string of the molecule is c1ccc(-c2cc3c4c(cc(-c5ccccc5)cc4c2)-c2ccccc2N(c2ccc4sc5ccccc5c4c2)c2ccccc2S3)cc1. The van der Waals surface area contributed by atoms with Gasteiger partial charge in [0.05, 0.1) is 11.4 Å². The molecule has 3 heteroatoms. The van der Waals surface area contributed by atoms with E-state index in [1.807, 2.05) is 23.1 Å². The molecule has 1 aromatic heterocycles. The van der Waals surface area contributed by atoms with Gasteiger partial charge in [0.2, 0.25) is 0 Å². The lowest BCUT2D eigenvalue weighted by Gasteiger charge is -2.29. The lowest BCUT2D eigenvalue weighted by Crippen LogP contribution is -2.11. The van der Waals surface area contributed by atoms with Gasteiger partial charge in [-0.3, -0.25) is 0 Å². The van der Waals surface area contributed by atoms with E-state index in [-0.39, 0.29) is 0 Å². The highest BCUT2D eigenvalue weighted by Gasteiger charge is 2.25. The average Bonchev–Trinajstić information content (AvgIpc) is 3.55. The third kappa shape index (κ3) is 4.77. The molecule has 230 valence electrons. The minimum Gasteiger partial charge on any atom is -0.309 e. The van der Waals surface area contributed by atoms with Gasteiger partial charge in [-0.15, -0.1) is 11.3 Å². The highest BCUT2D eigenvalue weighted by molar-refractivity contribution is 7.99. The molecule has 10 rings (SSSR count). The fourth-order valence-electron chi connectivity index (χ4n) is 7.37. The van der Waals surface area contributed by atoms with Crippen LogP contribution < -0.4 is 4.90 Å². The monoisotopic (exact) mass is 659 g/mol. The van der Waals surface area contributed by atoms with E-state index in [0.717, 1.165) is 5.69 Å². The summed E-state index contributed by atoms with van der Waals surface area (Å²) >= 11 is 3.73. The minimum absolute atomic E-state index is 1.16. The van der Waals surface area contributed by atoms with Gasteiger partial charge >= 0.3 is 0 Å². The van der Waals surface area contributed by atoms with Crippen molar-refractivity contribution >= 4 is 71.1 Å². The molecule has 1 nitrogen and oxygen atoms in total. The van der Waals surface area contributed by atoms with Crippen LogP contribution in [0.25, 0.3) is 64.3 Å². The second kappa shape index (κ2) is 11.5. The van der Waals surface area contributed by atoms with Crippen LogP contribution in [0.3, 0.4) is 0 Å². The van der Waals surface area contributed by atoms with Gasteiger partial charge in [-0.05, 0) is 99.9 Å². The van der Waals surface area contributed by atoms with E-state index in [4.69, 9.17) is 0 Å². The Bertz CT molecular complexity index is 2690. The second-order valence-corrected chi connectivity index (χ2v) is 14.7. The fraction of sp³-hybridized carbons (Fsp3) is 0. The predicted octanol–water partition coefficient (Wildman–Crippen LogP) is 14.1. The molecule has 0 N–H and O–H groups in total. The van der Waals surface area contributed by atoms with Gasteiger partial charge < -0.3 is 4.90 Å². The number of fused-ring (bicyclic) bond motifs is 6. The van der Waals surface area contributed by atoms with Crippen LogP contribution in [0.2, 0.25) is 0 Å². The fourth-order valence-corrected chi connectivity index (χ4v) is 9.62. The topological polar surface area (TPSA) is 3.24 Å². The number of hydrogen-bond donors (Lipinski definition) is 0. The van der Waals surface area contributed by atoms with Crippen LogP contribution >= 0.6 is 23.1 Å². The third-order valence-corrected chi connectivity index (χ3v) is 11.9. The van der Waals surface area contributed by atoms with Gasteiger partial charge in [0.25, 0.3) is 0 Å². The predicted molar refractivity (Wildman–Crippen MR) is 212 cm³/mol. The van der Waals surface area contributed by atoms with Crippen LogP contribution in [0.1, 0.15) is 0 Å². The lowest BCUT2D eigenvalue weighted by atomic mass is 9.90. The maximum atomic E-state index is 2.48. The largest absolute Gasteiger partial charge is 0.309 e. The molecule has 0 amide bonds. The number of thiophene rings is 1. The molecule has 0 radical (unpaired) electrons. The molecule has 1 aliphatic rings. The van der Waals surface area contributed by atoms with Gasteiger partial charge in [-0.1, -0.05) is 121 Å². The van der Waals surface area contributed by atoms with Gasteiger partial charge in [0, 0.05) is 46.6 Å². The summed E-state index contributed by atoms with van der Waals surface area (Å²) in [5.74, 6) is 0. The zero-order valence-electron chi connectivity index (χ0n) is 26.5. The number of anilines is 3. The molecular weight excluding hydrogens is 631 g/mol. The number of para-hydroxylation sites is 2. The molecular formula is C46H29NS2. The standard InChI is InChI=1S/C46H29NS2/c1-3-13-30(14-4-1)32-25-34-26-33(31-15-5-2-6-16-31)28-45-46(34)39(27-32)36-17-7-9-19-40(36)47(41-20-10-12-22-44(41)49-45)35-23-24-43-38(29-35)37-18-8-11-21-42(37)48-43/h1-29H. The summed E-state index contributed by atoms with van der Waals surface area (Å²) in [5, 5.41) is 5.13. The van der Waals surface area contributed by atoms with Gasteiger partial charge in [-0.2, -0.15) is 0 Å². The van der Waals surface area contributed by atoms with Crippen molar-refractivity contribution in [3.8, 4) is 33.4 Å². The summed E-state index contributed by atoms with van der Waals surface area (Å²) < 4.78 is 2.63. The highest BCUT2D eigenvalue weighted by Crippen LogP contribution is 2.53. The van der Waals surface area contributed by atoms with E-state index < -0.39 is 0 Å². The van der Waals surface area contributed by atoms with Crippen molar-refractivity contribution in [1.29, 1.82) is 0 Å². The van der Waals surface area contributed by atoms with Crippen molar-refractivity contribution < 1.29 is 0 Å². The van der Waals surface area contributed by atoms with Crippen molar-refractivity contribution in [3.63, 3.8) is 0 Å². The Morgan fingerprint density at radius 3 is 1.82 bits per heavy atom. The number of rotatable bonds is 3. The Hall–Kier alpha value is -5.61. The van der Waals surface area contributed by atoms with E-state index >= 15 is 0 Å². The molecule has 2 heterocycles. The third-order valence-electron chi connectivity index (χ3n) is 9.61. The molecule has 49 heavy (non-hydrogen) atoms. The maximum Gasteiger partial charge on any atom is 0.0601 e. The quantitative estimate of drug-likeness (QED) is 0.186. The summed E-state index contributed by atoms with van der Waals surface area (Å²) in [6.07, 6.45) is 0. The number of benzene rings is 8. The van der Waals surface area contributed by atoms with Crippen LogP contribution in [0.5, 0.6) is 0 Å². The van der Waals surface area contributed by atoms with E-state index in [2.05, 4.69) is 181 Å². The molecule has 0 bridgehead atoms. The average molecular weight is 660 g/mol. The van der Waals surface area contributed by atoms with Crippen LogP contribution in [-0.2, 0) is 0 Å². The number of nitrogens with zero attached hydrogens (tertiary/aromatic N) is 1. The smallest absolute Gasteiger partial charge is 0.0601 e. The minimum atomic E-state index is 1.16. The molecule has 0 saturated carbocycles. The molecule has 0 saturated heterocycles. The van der Waals surface area contributed by atoms with Crippen LogP contribution in [-0.4, -0.2) is 0 Å². The highest BCUT2D eigenvalue weighted by atomic mass is 32.2. The first kappa shape index (κ1) is 28.4. The first-order valence-corrected chi connectivity index (χ1v) is 18.2. The molecule has 1 aliphatic heterocycles.